The summed E-state index contributed by atoms with van der Waals surface area (Å²) in [5.74, 6) is -0.723. The van der Waals surface area contributed by atoms with E-state index in [1.54, 1.807) is 30.3 Å². The van der Waals surface area contributed by atoms with Crippen molar-refractivity contribution in [1.82, 2.24) is 5.32 Å². The Hall–Kier alpha value is -2.37. The molecule has 0 aliphatic carbocycles. The third kappa shape index (κ3) is 3.21. The third-order valence-electron chi connectivity index (χ3n) is 3.45. The van der Waals surface area contributed by atoms with Gasteiger partial charge in [0.25, 0.3) is 5.91 Å². The van der Waals surface area contributed by atoms with E-state index in [0.717, 1.165) is 5.39 Å². The average molecular weight is 334 g/mol. The third-order valence-corrected chi connectivity index (χ3v) is 3.75. The number of para-hydroxylation sites is 1. The Labute approximate surface area is 136 Å². The van der Waals surface area contributed by atoms with Crippen LogP contribution in [0.3, 0.4) is 0 Å². The fourth-order valence-electron chi connectivity index (χ4n) is 2.27. The number of hydrogen-bond donors (Lipinski definition) is 2. The number of furan rings is 1. The molecule has 1 heterocycles. The molecule has 3 aromatic rings. The van der Waals surface area contributed by atoms with Crippen LogP contribution in [0.1, 0.15) is 21.7 Å². The molecular weight excluding hydrogens is 321 g/mol. The van der Waals surface area contributed by atoms with E-state index in [4.69, 9.17) is 21.1 Å². The number of benzene rings is 2. The Kier molecular flexibility index (Phi) is 4.32. The van der Waals surface area contributed by atoms with Gasteiger partial charge in [-0.1, -0.05) is 29.8 Å². The van der Waals surface area contributed by atoms with Gasteiger partial charge in [-0.15, -0.1) is 0 Å². The van der Waals surface area contributed by atoms with Gasteiger partial charge in [0, 0.05) is 17.5 Å². The van der Waals surface area contributed by atoms with Crippen LogP contribution in [0.15, 0.2) is 46.9 Å². The number of carbonyl (C=O) groups is 1. The summed E-state index contributed by atoms with van der Waals surface area (Å²) < 4.78 is 18.8. The molecule has 6 heteroatoms. The number of nitrogens with one attached hydrogen (secondary N) is 1. The quantitative estimate of drug-likeness (QED) is 0.766. The van der Waals surface area contributed by atoms with Crippen molar-refractivity contribution in [2.75, 3.05) is 0 Å². The van der Waals surface area contributed by atoms with E-state index in [2.05, 4.69) is 5.32 Å². The van der Waals surface area contributed by atoms with Gasteiger partial charge in [-0.25, -0.2) is 4.39 Å². The summed E-state index contributed by atoms with van der Waals surface area (Å²) in [5, 5.41) is 12.9. The predicted molar refractivity (Wildman–Crippen MR) is 84.7 cm³/mol. The zero-order valence-corrected chi connectivity index (χ0v) is 12.7. The first-order valence-electron chi connectivity index (χ1n) is 6.93. The Morgan fingerprint density at radius 2 is 2.09 bits per heavy atom. The predicted octanol–water partition coefficient (Wildman–Crippen LogP) is 3.65. The molecule has 0 saturated carbocycles. The van der Waals surface area contributed by atoms with Crippen molar-refractivity contribution in [3.05, 3.63) is 70.2 Å². The first kappa shape index (κ1) is 15.5. The largest absolute Gasteiger partial charge is 0.449 e. The lowest BCUT2D eigenvalue weighted by molar-refractivity contribution is 0.0925. The topological polar surface area (TPSA) is 62.5 Å². The molecule has 2 aromatic carbocycles. The minimum absolute atomic E-state index is 0.151. The molecule has 0 fully saturated rings. The Morgan fingerprint density at radius 3 is 2.83 bits per heavy atom. The van der Waals surface area contributed by atoms with Crippen LogP contribution in [-0.2, 0) is 13.2 Å². The summed E-state index contributed by atoms with van der Waals surface area (Å²) in [6, 6.07) is 11.2. The second-order valence-electron chi connectivity index (χ2n) is 5.04. The molecule has 0 spiro atoms. The smallest absolute Gasteiger partial charge is 0.287 e. The molecule has 1 amide bonds. The van der Waals surface area contributed by atoms with Crippen molar-refractivity contribution in [2.24, 2.45) is 0 Å². The van der Waals surface area contributed by atoms with E-state index < -0.39 is 18.3 Å². The maximum Gasteiger partial charge on any atom is 0.287 e. The average Bonchev–Trinajstić information content (AvgIpc) is 2.99. The number of aliphatic hydroxyl groups is 1. The van der Waals surface area contributed by atoms with Crippen LogP contribution >= 0.6 is 11.6 Å². The second-order valence-corrected chi connectivity index (χ2v) is 5.44. The van der Waals surface area contributed by atoms with E-state index in [1.165, 1.54) is 12.1 Å². The van der Waals surface area contributed by atoms with E-state index in [1.807, 2.05) is 0 Å². The Bertz CT molecular complexity index is 875. The maximum absolute atomic E-state index is 13.3. The molecule has 0 radical (unpaired) electrons. The highest BCUT2D eigenvalue weighted by Gasteiger charge is 2.14. The molecule has 0 aliphatic heterocycles. The number of fused-ring (bicyclic) bond motifs is 1. The monoisotopic (exact) mass is 333 g/mol. The fraction of sp³-hybridized carbons (Fsp3) is 0.118. The lowest BCUT2D eigenvalue weighted by Gasteiger charge is -2.06. The molecule has 3 rings (SSSR count). The van der Waals surface area contributed by atoms with E-state index in [9.17, 15) is 9.18 Å². The highest BCUT2D eigenvalue weighted by atomic mass is 35.5. The van der Waals surface area contributed by atoms with Crippen LogP contribution < -0.4 is 5.32 Å². The highest BCUT2D eigenvalue weighted by Crippen LogP contribution is 2.26. The molecule has 0 unspecified atom stereocenters. The van der Waals surface area contributed by atoms with Crippen LogP contribution in [0.5, 0.6) is 0 Å². The lowest BCUT2D eigenvalue weighted by atomic mass is 10.1. The van der Waals surface area contributed by atoms with Crippen molar-refractivity contribution in [2.45, 2.75) is 13.2 Å². The first-order valence-corrected chi connectivity index (χ1v) is 7.30. The summed E-state index contributed by atoms with van der Waals surface area (Å²) in [6.07, 6.45) is 0. The molecule has 0 atom stereocenters. The van der Waals surface area contributed by atoms with E-state index in [0.29, 0.717) is 16.2 Å². The molecule has 4 nitrogen and oxygen atoms in total. The number of halogens is 2. The van der Waals surface area contributed by atoms with Crippen molar-refractivity contribution in [3.8, 4) is 0 Å². The SMILES string of the molecule is O=C(NCc1ccc(F)c(CO)c1)c1cc2cccc(Cl)c2o1. The summed E-state index contributed by atoms with van der Waals surface area (Å²) in [7, 11) is 0. The number of aliphatic hydroxyl groups excluding tert-OH is 1. The maximum atomic E-state index is 13.3. The van der Waals surface area contributed by atoms with Gasteiger partial charge in [0.15, 0.2) is 11.3 Å². The van der Waals surface area contributed by atoms with Crippen LogP contribution in [0.2, 0.25) is 5.02 Å². The number of amides is 1. The number of hydrogen-bond acceptors (Lipinski definition) is 3. The number of carbonyl (C=O) groups excluding carboxylic acids is 1. The van der Waals surface area contributed by atoms with Crippen LogP contribution in [0, 0.1) is 5.82 Å². The zero-order chi connectivity index (χ0) is 16.4. The van der Waals surface area contributed by atoms with Crippen molar-refractivity contribution in [1.29, 1.82) is 0 Å². The molecule has 23 heavy (non-hydrogen) atoms. The first-order chi connectivity index (χ1) is 11.1. The second kappa shape index (κ2) is 6.40. The normalized spacial score (nSPS) is 10.9. The summed E-state index contributed by atoms with van der Waals surface area (Å²) in [5.41, 5.74) is 1.33. The lowest BCUT2D eigenvalue weighted by Crippen LogP contribution is -2.22. The van der Waals surface area contributed by atoms with Crippen molar-refractivity contribution in [3.63, 3.8) is 0 Å². The minimum Gasteiger partial charge on any atom is -0.449 e. The number of rotatable bonds is 4. The van der Waals surface area contributed by atoms with E-state index in [-0.39, 0.29) is 17.9 Å². The molecule has 118 valence electrons. The molecule has 0 bridgehead atoms. The summed E-state index contributed by atoms with van der Waals surface area (Å²) in [6.45, 7) is -0.202. The van der Waals surface area contributed by atoms with Crippen molar-refractivity contribution >= 4 is 28.5 Å². The van der Waals surface area contributed by atoms with Crippen LogP contribution in [-0.4, -0.2) is 11.0 Å². The Balaban J connectivity index is 1.74. The van der Waals surface area contributed by atoms with E-state index >= 15 is 0 Å². The van der Waals surface area contributed by atoms with Gasteiger partial charge in [-0.2, -0.15) is 0 Å². The fourth-order valence-corrected chi connectivity index (χ4v) is 2.49. The molecule has 2 N–H and O–H groups in total. The molecule has 0 saturated heterocycles. The minimum atomic E-state index is -0.477. The van der Waals surface area contributed by atoms with Crippen LogP contribution in [0.25, 0.3) is 11.0 Å². The van der Waals surface area contributed by atoms with Gasteiger partial charge in [0.05, 0.1) is 11.6 Å². The van der Waals surface area contributed by atoms with Crippen LogP contribution in [0.4, 0.5) is 4.39 Å². The van der Waals surface area contributed by atoms with Gasteiger partial charge in [0.2, 0.25) is 0 Å². The highest BCUT2D eigenvalue weighted by molar-refractivity contribution is 6.34. The van der Waals surface area contributed by atoms with Gasteiger partial charge < -0.3 is 14.8 Å². The standard InChI is InChI=1S/C17H13ClFNO3/c18-13-3-1-2-11-7-15(23-16(11)13)17(22)20-8-10-4-5-14(19)12(6-10)9-21/h1-7,21H,8-9H2,(H,20,22). The molecular formula is C17H13ClFNO3. The van der Waals surface area contributed by atoms with Gasteiger partial charge >= 0.3 is 0 Å². The van der Waals surface area contributed by atoms with Gasteiger partial charge in [0.1, 0.15) is 5.82 Å². The summed E-state index contributed by atoms with van der Waals surface area (Å²) >= 11 is 6.01. The zero-order valence-electron chi connectivity index (χ0n) is 12.0. The molecule has 0 aliphatic rings. The van der Waals surface area contributed by atoms with Gasteiger partial charge in [-0.3, -0.25) is 4.79 Å². The molecule has 1 aromatic heterocycles. The summed E-state index contributed by atoms with van der Waals surface area (Å²) in [4.78, 5) is 12.1. The van der Waals surface area contributed by atoms with Gasteiger partial charge in [-0.05, 0) is 29.8 Å². The van der Waals surface area contributed by atoms with Crippen molar-refractivity contribution < 1.29 is 18.7 Å². The Morgan fingerprint density at radius 1 is 1.26 bits per heavy atom.